The molecule has 0 aliphatic carbocycles. The molecule has 0 atom stereocenters. The number of aliphatic carboxylic acids is 1. The highest BCUT2D eigenvalue weighted by Gasteiger charge is 2.20. The van der Waals surface area contributed by atoms with Crippen LogP contribution in [-0.4, -0.2) is 23.2 Å². The molecule has 0 amide bonds. The minimum Gasteiger partial charge on any atom is -0.478 e. The third-order valence-electron chi connectivity index (χ3n) is 2.82. The first-order valence-corrected chi connectivity index (χ1v) is 6.72. The van der Waals surface area contributed by atoms with Crippen LogP contribution in [0.3, 0.4) is 0 Å². The van der Waals surface area contributed by atoms with Crippen LogP contribution in [0.25, 0.3) is 6.08 Å². The van der Waals surface area contributed by atoms with Gasteiger partial charge in [0.05, 0.1) is 0 Å². The molecule has 0 fully saturated rings. The van der Waals surface area contributed by atoms with E-state index in [2.05, 4.69) is 32.3 Å². The van der Waals surface area contributed by atoms with Crippen molar-refractivity contribution in [1.29, 1.82) is 0 Å². The quantitative estimate of drug-likeness (QED) is 0.652. The lowest BCUT2D eigenvalue weighted by Gasteiger charge is -2.37. The van der Waals surface area contributed by atoms with Gasteiger partial charge < -0.3 is 10.0 Å². The summed E-state index contributed by atoms with van der Waals surface area (Å²) < 4.78 is 0. The summed E-state index contributed by atoms with van der Waals surface area (Å²) in [5.74, 6) is -0.992. The van der Waals surface area contributed by atoms with Crippen LogP contribution >= 0.6 is 11.6 Å². The van der Waals surface area contributed by atoms with Gasteiger partial charge >= 0.3 is 5.97 Å². The summed E-state index contributed by atoms with van der Waals surface area (Å²) in [6.07, 6.45) is 4.41. The van der Waals surface area contributed by atoms with Gasteiger partial charge in [0.2, 0.25) is 0 Å². The maximum atomic E-state index is 10.5. The van der Waals surface area contributed by atoms with Crippen LogP contribution in [0.4, 0.5) is 5.69 Å². The van der Waals surface area contributed by atoms with Gasteiger partial charge in [-0.1, -0.05) is 23.7 Å². The molecule has 0 spiro atoms. The van der Waals surface area contributed by atoms with Gasteiger partial charge in [0.15, 0.2) is 0 Å². The van der Waals surface area contributed by atoms with E-state index in [1.54, 1.807) is 0 Å². The summed E-state index contributed by atoms with van der Waals surface area (Å²) in [6.45, 7) is 10.8. The van der Waals surface area contributed by atoms with Crippen molar-refractivity contribution in [2.75, 3.05) is 11.4 Å². The number of carboxylic acid groups (broad SMARTS) is 1. The molecule has 0 bridgehead atoms. The van der Waals surface area contributed by atoms with Crippen molar-refractivity contribution in [2.45, 2.75) is 26.3 Å². The van der Waals surface area contributed by atoms with Gasteiger partial charge in [-0.25, -0.2) is 4.79 Å². The summed E-state index contributed by atoms with van der Waals surface area (Å²) in [5, 5.41) is 9.16. The molecule has 0 radical (unpaired) electrons. The van der Waals surface area contributed by atoms with Crippen LogP contribution in [0.2, 0.25) is 5.02 Å². The molecule has 1 aromatic carbocycles. The summed E-state index contributed by atoms with van der Waals surface area (Å²) >= 11 is 6.21. The van der Waals surface area contributed by atoms with E-state index in [0.717, 1.165) is 11.8 Å². The van der Waals surface area contributed by atoms with Gasteiger partial charge in [-0.15, -0.1) is 6.58 Å². The number of benzene rings is 1. The smallest absolute Gasteiger partial charge is 0.328 e. The van der Waals surface area contributed by atoms with Crippen molar-refractivity contribution in [3.8, 4) is 0 Å². The zero-order chi connectivity index (χ0) is 15.3. The Kier molecular flexibility index (Phi) is 5.40. The van der Waals surface area contributed by atoms with Gasteiger partial charge in [-0.05, 0) is 44.5 Å². The van der Waals surface area contributed by atoms with E-state index in [4.69, 9.17) is 16.7 Å². The lowest BCUT2D eigenvalue weighted by atomic mass is 10.0. The zero-order valence-corrected chi connectivity index (χ0v) is 12.8. The molecule has 0 saturated heterocycles. The minimum absolute atomic E-state index is 0.0596. The average molecular weight is 294 g/mol. The number of halogens is 1. The standard InChI is InChI=1S/C16H20ClNO2/c1-5-10-18(16(2,3)4)13-8-6-12(14(17)11-13)7-9-15(19)20/h5-9,11H,1,10H2,2-4H3,(H,19,20)/b9-7+. The second-order valence-electron chi connectivity index (χ2n) is 5.45. The molecule has 4 heteroatoms. The molecule has 1 rings (SSSR count). The first-order chi connectivity index (χ1) is 9.25. The fourth-order valence-electron chi connectivity index (χ4n) is 1.88. The third-order valence-corrected chi connectivity index (χ3v) is 3.15. The molecule has 0 heterocycles. The molecule has 108 valence electrons. The van der Waals surface area contributed by atoms with Gasteiger partial charge in [0, 0.05) is 28.9 Å². The molecular formula is C16H20ClNO2. The third kappa shape index (κ3) is 4.42. The van der Waals surface area contributed by atoms with E-state index in [1.807, 2.05) is 24.3 Å². The van der Waals surface area contributed by atoms with Crippen molar-refractivity contribution in [3.63, 3.8) is 0 Å². The number of anilines is 1. The number of hydrogen-bond acceptors (Lipinski definition) is 2. The molecular weight excluding hydrogens is 274 g/mol. The Hall–Kier alpha value is -1.74. The van der Waals surface area contributed by atoms with E-state index in [0.29, 0.717) is 17.1 Å². The molecule has 0 unspecified atom stereocenters. The van der Waals surface area contributed by atoms with Crippen LogP contribution in [0.1, 0.15) is 26.3 Å². The van der Waals surface area contributed by atoms with Crippen LogP contribution in [0.5, 0.6) is 0 Å². The first-order valence-electron chi connectivity index (χ1n) is 6.35. The van der Waals surface area contributed by atoms with Crippen LogP contribution < -0.4 is 4.90 Å². The van der Waals surface area contributed by atoms with Gasteiger partial charge in [-0.2, -0.15) is 0 Å². The van der Waals surface area contributed by atoms with E-state index < -0.39 is 5.97 Å². The number of hydrogen-bond donors (Lipinski definition) is 1. The predicted molar refractivity (Wildman–Crippen MR) is 85.4 cm³/mol. The lowest BCUT2D eigenvalue weighted by molar-refractivity contribution is -0.131. The number of rotatable bonds is 5. The second kappa shape index (κ2) is 6.62. The highest BCUT2D eigenvalue weighted by molar-refractivity contribution is 6.32. The van der Waals surface area contributed by atoms with Crippen molar-refractivity contribution in [1.82, 2.24) is 0 Å². The number of carbonyl (C=O) groups is 1. The molecule has 0 aromatic heterocycles. The summed E-state index contributed by atoms with van der Waals surface area (Å²) in [4.78, 5) is 12.7. The molecule has 0 saturated carbocycles. The highest BCUT2D eigenvalue weighted by Crippen LogP contribution is 2.29. The molecule has 0 aliphatic heterocycles. The van der Waals surface area contributed by atoms with E-state index in [9.17, 15) is 4.79 Å². The second-order valence-corrected chi connectivity index (χ2v) is 5.85. The van der Waals surface area contributed by atoms with Crippen LogP contribution in [0.15, 0.2) is 36.9 Å². The van der Waals surface area contributed by atoms with Crippen molar-refractivity contribution >= 4 is 29.3 Å². The van der Waals surface area contributed by atoms with Crippen molar-refractivity contribution in [2.24, 2.45) is 0 Å². The predicted octanol–water partition coefficient (Wildman–Crippen LogP) is 4.23. The zero-order valence-electron chi connectivity index (χ0n) is 12.1. The van der Waals surface area contributed by atoms with E-state index >= 15 is 0 Å². The van der Waals surface area contributed by atoms with Crippen LogP contribution in [-0.2, 0) is 4.79 Å². The lowest BCUT2D eigenvalue weighted by Crippen LogP contribution is -2.41. The summed E-state index contributed by atoms with van der Waals surface area (Å²) in [7, 11) is 0. The van der Waals surface area contributed by atoms with Crippen molar-refractivity contribution < 1.29 is 9.90 Å². The molecule has 1 N–H and O–H groups in total. The summed E-state index contributed by atoms with van der Waals surface area (Å²) in [5.41, 5.74) is 1.61. The SMILES string of the molecule is C=CCN(c1ccc(/C=C/C(=O)O)c(Cl)c1)C(C)(C)C. The van der Waals surface area contributed by atoms with Gasteiger partial charge in [-0.3, -0.25) is 0 Å². The van der Waals surface area contributed by atoms with Crippen molar-refractivity contribution in [3.05, 3.63) is 47.5 Å². The average Bonchev–Trinajstić information content (AvgIpc) is 2.32. The number of nitrogens with zero attached hydrogens (tertiary/aromatic N) is 1. The van der Waals surface area contributed by atoms with E-state index in [-0.39, 0.29) is 5.54 Å². The maximum absolute atomic E-state index is 10.5. The van der Waals surface area contributed by atoms with Crippen LogP contribution in [0, 0.1) is 0 Å². The largest absolute Gasteiger partial charge is 0.478 e. The Balaban J connectivity index is 3.12. The molecule has 20 heavy (non-hydrogen) atoms. The minimum atomic E-state index is -0.992. The van der Waals surface area contributed by atoms with Gasteiger partial charge in [0.1, 0.15) is 0 Å². The topological polar surface area (TPSA) is 40.5 Å². The fraction of sp³-hybridized carbons (Fsp3) is 0.312. The Morgan fingerprint density at radius 3 is 2.55 bits per heavy atom. The number of carboxylic acids is 1. The fourth-order valence-corrected chi connectivity index (χ4v) is 2.11. The first kappa shape index (κ1) is 16.3. The monoisotopic (exact) mass is 293 g/mol. The van der Waals surface area contributed by atoms with E-state index in [1.165, 1.54) is 6.08 Å². The Bertz CT molecular complexity index is 530. The highest BCUT2D eigenvalue weighted by atomic mass is 35.5. The Morgan fingerprint density at radius 1 is 1.45 bits per heavy atom. The normalized spacial score (nSPS) is 11.6. The molecule has 0 aliphatic rings. The maximum Gasteiger partial charge on any atom is 0.328 e. The molecule has 3 nitrogen and oxygen atoms in total. The summed E-state index contributed by atoms with van der Waals surface area (Å²) in [6, 6.07) is 5.60. The Labute approximate surface area is 125 Å². The Morgan fingerprint density at radius 2 is 2.10 bits per heavy atom. The molecule has 1 aromatic rings. The van der Waals surface area contributed by atoms with Gasteiger partial charge in [0.25, 0.3) is 0 Å².